The molecule has 0 bridgehead atoms. The van der Waals surface area contributed by atoms with Crippen LogP contribution in [-0.2, 0) is 6.42 Å². The van der Waals surface area contributed by atoms with Crippen molar-refractivity contribution >= 4 is 22.5 Å². The number of fused-ring (bicyclic) bond motifs is 2. The van der Waals surface area contributed by atoms with Crippen LogP contribution < -0.4 is 29.8 Å². The van der Waals surface area contributed by atoms with Crippen LogP contribution in [0.15, 0.2) is 77.9 Å². The van der Waals surface area contributed by atoms with E-state index in [4.69, 9.17) is 18.9 Å². The minimum atomic E-state index is -0.769. The van der Waals surface area contributed by atoms with Gasteiger partial charge < -0.3 is 29.2 Å². The van der Waals surface area contributed by atoms with Crippen molar-refractivity contribution in [2.75, 3.05) is 45.3 Å². The fourth-order valence-corrected chi connectivity index (χ4v) is 6.47. The average Bonchev–Trinajstić information content (AvgIpc) is 3.60. The molecule has 7 rings (SSSR count). The summed E-state index contributed by atoms with van der Waals surface area (Å²) in [6, 6.07) is 14.5. The fraction of sp³-hybridized carbons (Fsp3) is 0.308. The van der Waals surface area contributed by atoms with E-state index in [9.17, 15) is 14.0 Å². The lowest BCUT2D eigenvalue weighted by molar-refractivity contribution is 0.102. The number of halogens is 2. The van der Waals surface area contributed by atoms with E-state index in [0.717, 1.165) is 38.0 Å². The van der Waals surface area contributed by atoms with Crippen LogP contribution in [0, 0.1) is 17.6 Å². The molecule has 1 amide bonds. The normalized spacial score (nSPS) is 14.6. The van der Waals surface area contributed by atoms with Crippen molar-refractivity contribution < 1.29 is 32.5 Å². The summed E-state index contributed by atoms with van der Waals surface area (Å²) in [4.78, 5) is 33.9. The van der Waals surface area contributed by atoms with Crippen LogP contribution in [0.5, 0.6) is 28.7 Å². The highest BCUT2D eigenvalue weighted by Gasteiger charge is 2.27. The monoisotopic (exact) mass is 696 g/mol. The molecule has 264 valence electrons. The Balaban J connectivity index is 1.06. The zero-order valence-corrected chi connectivity index (χ0v) is 28.4. The number of nitrogens with zero attached hydrogens (tertiary/aromatic N) is 3. The molecule has 3 aromatic carbocycles. The number of amides is 1. The number of carbonyl (C=O) groups is 1. The van der Waals surface area contributed by atoms with Crippen molar-refractivity contribution in [3.05, 3.63) is 106 Å². The lowest BCUT2D eigenvalue weighted by Crippen LogP contribution is -2.34. The van der Waals surface area contributed by atoms with Crippen molar-refractivity contribution in [2.45, 2.75) is 32.6 Å². The SMILES string of the molecule is COc1cc2c(Oc3ccc(NC(=O)c4c5c(cn(-c6ccc(F)cc6)c4=O)CCO5)cc3F)ccnc2cc1OCCCN1CCC(C)CC1. The van der Waals surface area contributed by atoms with Crippen molar-refractivity contribution in [2.24, 2.45) is 5.92 Å². The number of likely N-dealkylation sites (tertiary alicyclic amines) is 1. The van der Waals surface area contributed by atoms with E-state index in [1.165, 1.54) is 53.8 Å². The number of nitrogens with one attached hydrogen (secondary N) is 1. The first kappa shape index (κ1) is 34.0. The lowest BCUT2D eigenvalue weighted by Gasteiger charge is -2.30. The van der Waals surface area contributed by atoms with E-state index < -0.39 is 23.1 Å². The summed E-state index contributed by atoms with van der Waals surface area (Å²) in [7, 11) is 1.56. The number of anilines is 1. The van der Waals surface area contributed by atoms with Crippen molar-refractivity contribution in [3.8, 4) is 34.4 Å². The van der Waals surface area contributed by atoms with E-state index in [1.54, 1.807) is 37.7 Å². The summed E-state index contributed by atoms with van der Waals surface area (Å²) in [6.07, 6.45) is 6.99. The van der Waals surface area contributed by atoms with Crippen LogP contribution in [0.4, 0.5) is 14.5 Å². The highest BCUT2D eigenvalue weighted by molar-refractivity contribution is 6.06. The summed E-state index contributed by atoms with van der Waals surface area (Å²) in [5.74, 6) is 0.320. The maximum Gasteiger partial charge on any atom is 0.271 e. The van der Waals surface area contributed by atoms with Crippen LogP contribution in [-0.4, -0.2) is 60.3 Å². The number of hydrogen-bond acceptors (Lipinski definition) is 8. The van der Waals surface area contributed by atoms with Crippen molar-refractivity contribution in [1.29, 1.82) is 0 Å². The molecule has 1 N–H and O–H groups in total. The Bertz CT molecular complexity index is 2130. The fourth-order valence-electron chi connectivity index (χ4n) is 6.47. The standard InChI is InChI=1S/C39H38F2N4O6/c1-24-11-16-44(17-12-24)15-3-18-49-35-22-31-29(21-34(35)48-2)32(10-14-42-31)51-33-9-6-27(20-30(33)41)43-38(46)36-37-25(13-19-50-37)23-45(39(36)47)28-7-4-26(40)5-8-28/h4-10,14,20-24H,3,11-13,15-19H2,1-2H3,(H,43,46). The van der Waals surface area contributed by atoms with Gasteiger partial charge in [0, 0.05) is 59.8 Å². The Hall–Kier alpha value is -5.49. The number of rotatable bonds is 11. The molecule has 0 saturated carbocycles. The van der Waals surface area contributed by atoms with Gasteiger partial charge in [0.05, 0.1) is 25.8 Å². The van der Waals surface area contributed by atoms with Gasteiger partial charge >= 0.3 is 0 Å². The molecule has 10 nitrogen and oxygen atoms in total. The molecule has 2 aliphatic heterocycles. The number of benzene rings is 3. The van der Waals surface area contributed by atoms with Gasteiger partial charge in [0.15, 0.2) is 23.1 Å². The van der Waals surface area contributed by atoms with Gasteiger partial charge in [-0.05, 0) is 86.8 Å². The second-order valence-electron chi connectivity index (χ2n) is 12.9. The van der Waals surface area contributed by atoms with Gasteiger partial charge in [0.25, 0.3) is 11.5 Å². The summed E-state index contributed by atoms with van der Waals surface area (Å²) in [5.41, 5.74) is 0.850. The molecule has 12 heteroatoms. The number of piperidine rings is 1. The van der Waals surface area contributed by atoms with E-state index in [1.807, 2.05) is 0 Å². The smallest absolute Gasteiger partial charge is 0.271 e. The number of pyridine rings is 2. The molecule has 51 heavy (non-hydrogen) atoms. The largest absolute Gasteiger partial charge is 0.493 e. The van der Waals surface area contributed by atoms with Crippen molar-refractivity contribution in [1.82, 2.24) is 14.5 Å². The number of ether oxygens (including phenoxy) is 4. The molecule has 0 spiro atoms. The van der Waals surface area contributed by atoms with E-state index >= 15 is 4.39 Å². The summed E-state index contributed by atoms with van der Waals surface area (Å²) in [6.45, 7) is 6.36. The summed E-state index contributed by atoms with van der Waals surface area (Å²) in [5, 5.41) is 3.20. The topological polar surface area (TPSA) is 104 Å². The summed E-state index contributed by atoms with van der Waals surface area (Å²) < 4.78 is 53.7. The molecule has 5 aromatic rings. The Morgan fingerprint density at radius 2 is 1.80 bits per heavy atom. The second kappa shape index (κ2) is 14.8. The third-order valence-corrected chi connectivity index (χ3v) is 9.34. The molecule has 2 aromatic heterocycles. The molecule has 2 aliphatic rings. The Morgan fingerprint density at radius 1 is 1.00 bits per heavy atom. The molecule has 0 radical (unpaired) electrons. The molecular formula is C39H38F2N4O6. The maximum atomic E-state index is 15.5. The molecule has 0 aliphatic carbocycles. The Labute approximate surface area is 293 Å². The third kappa shape index (κ3) is 7.36. The highest BCUT2D eigenvalue weighted by atomic mass is 19.1. The quantitative estimate of drug-likeness (QED) is 0.145. The number of carbonyl (C=O) groups excluding carboxylic acids is 1. The van der Waals surface area contributed by atoms with Gasteiger partial charge in [0.1, 0.15) is 22.9 Å². The van der Waals surface area contributed by atoms with Gasteiger partial charge in [-0.3, -0.25) is 19.1 Å². The molecule has 1 fully saturated rings. The second-order valence-corrected chi connectivity index (χ2v) is 12.9. The minimum Gasteiger partial charge on any atom is -0.493 e. The first-order valence-electron chi connectivity index (χ1n) is 17.1. The Kier molecular flexibility index (Phi) is 9.85. The number of aromatic nitrogens is 2. The third-order valence-electron chi connectivity index (χ3n) is 9.34. The van der Waals surface area contributed by atoms with Crippen LogP contribution >= 0.6 is 0 Å². The van der Waals surface area contributed by atoms with Crippen LogP contribution in [0.3, 0.4) is 0 Å². The molecule has 4 heterocycles. The van der Waals surface area contributed by atoms with Crippen LogP contribution in [0.1, 0.15) is 42.1 Å². The van der Waals surface area contributed by atoms with Gasteiger partial charge in [0.2, 0.25) is 0 Å². The molecule has 1 saturated heterocycles. The van der Waals surface area contributed by atoms with Crippen molar-refractivity contribution in [3.63, 3.8) is 0 Å². The molecule has 0 unspecified atom stereocenters. The number of hydrogen-bond donors (Lipinski definition) is 1. The molecular weight excluding hydrogens is 658 g/mol. The summed E-state index contributed by atoms with van der Waals surface area (Å²) >= 11 is 0. The van der Waals surface area contributed by atoms with E-state index in [0.29, 0.717) is 59.0 Å². The van der Waals surface area contributed by atoms with E-state index in [-0.39, 0.29) is 22.7 Å². The first-order chi connectivity index (χ1) is 24.8. The van der Waals surface area contributed by atoms with E-state index in [2.05, 4.69) is 22.1 Å². The number of methoxy groups -OCH3 is 1. The molecule has 0 atom stereocenters. The van der Waals surface area contributed by atoms with Gasteiger partial charge in [-0.1, -0.05) is 6.92 Å². The predicted octanol–water partition coefficient (Wildman–Crippen LogP) is 7.15. The maximum absolute atomic E-state index is 15.5. The first-order valence-corrected chi connectivity index (χ1v) is 17.1. The van der Waals surface area contributed by atoms with Gasteiger partial charge in [-0.2, -0.15) is 0 Å². The van der Waals surface area contributed by atoms with Crippen LogP contribution in [0.25, 0.3) is 16.6 Å². The van der Waals surface area contributed by atoms with Gasteiger partial charge in [-0.25, -0.2) is 8.78 Å². The lowest BCUT2D eigenvalue weighted by atomic mass is 9.99. The predicted molar refractivity (Wildman–Crippen MR) is 189 cm³/mol. The zero-order chi connectivity index (χ0) is 35.5. The minimum absolute atomic E-state index is 0.0884. The van der Waals surface area contributed by atoms with Crippen LogP contribution in [0.2, 0.25) is 0 Å². The zero-order valence-electron chi connectivity index (χ0n) is 28.4. The average molecular weight is 697 g/mol. The highest BCUT2D eigenvalue weighted by Crippen LogP contribution is 2.38. The Morgan fingerprint density at radius 3 is 2.57 bits per heavy atom. The van der Waals surface area contributed by atoms with Gasteiger partial charge in [-0.15, -0.1) is 0 Å².